The van der Waals surface area contributed by atoms with Crippen molar-refractivity contribution in [2.24, 2.45) is 0 Å². The summed E-state index contributed by atoms with van der Waals surface area (Å²) in [6, 6.07) is 5.37. The van der Waals surface area contributed by atoms with Crippen molar-refractivity contribution in [1.82, 2.24) is 15.4 Å². The normalized spacial score (nSPS) is 17.5. The van der Waals surface area contributed by atoms with Gasteiger partial charge in [0.05, 0.1) is 7.92 Å². The number of aromatic amines is 1. The Kier molecular flexibility index (Phi) is 2.07. The maximum absolute atomic E-state index is 11.6. The van der Waals surface area contributed by atoms with E-state index >= 15 is 0 Å². The molecule has 0 radical (unpaired) electrons. The van der Waals surface area contributed by atoms with Crippen molar-refractivity contribution in [3.63, 3.8) is 0 Å². The van der Waals surface area contributed by atoms with Crippen LogP contribution in [0, 0.1) is 0 Å². The van der Waals surface area contributed by atoms with E-state index in [9.17, 15) is 9.59 Å². The number of nitrogens with zero attached hydrogens (tertiary/aromatic N) is 2. The lowest BCUT2D eigenvalue weighted by atomic mass is 10.3. The molecule has 5 nitrogen and oxygen atoms in total. The van der Waals surface area contributed by atoms with Crippen LogP contribution in [0.25, 0.3) is 11.0 Å². The molecule has 0 amide bonds. The molecule has 2 aromatic rings. The van der Waals surface area contributed by atoms with E-state index in [1.807, 2.05) is 0 Å². The molecule has 0 saturated carbocycles. The summed E-state index contributed by atoms with van der Waals surface area (Å²) in [5, 5.41) is 11.2. The van der Waals surface area contributed by atoms with E-state index < -0.39 is 7.92 Å². The van der Waals surface area contributed by atoms with Crippen LogP contribution >= 0.6 is 7.92 Å². The van der Waals surface area contributed by atoms with E-state index in [0.29, 0.717) is 18.4 Å². The van der Waals surface area contributed by atoms with Gasteiger partial charge in [0.15, 0.2) is 11.0 Å². The topological polar surface area (TPSA) is 75.7 Å². The van der Waals surface area contributed by atoms with E-state index in [1.165, 1.54) is 0 Å². The number of hydrogen-bond acceptors (Lipinski definition) is 4. The maximum Gasteiger partial charge on any atom is 0.166 e. The third-order valence-corrected chi connectivity index (χ3v) is 4.85. The number of fused-ring (bicyclic) bond motifs is 1. The predicted octanol–water partition coefficient (Wildman–Crippen LogP) is 0.912. The van der Waals surface area contributed by atoms with E-state index in [0.717, 1.165) is 10.8 Å². The molecule has 80 valence electrons. The van der Waals surface area contributed by atoms with Gasteiger partial charge in [0.1, 0.15) is 11.0 Å². The van der Waals surface area contributed by atoms with Crippen LogP contribution in [0.5, 0.6) is 0 Å². The Morgan fingerprint density at radius 2 is 1.75 bits per heavy atom. The van der Waals surface area contributed by atoms with Crippen LogP contribution in [0.15, 0.2) is 18.2 Å². The molecule has 1 N–H and O–H groups in total. The predicted molar refractivity (Wildman–Crippen MR) is 59.7 cm³/mol. The summed E-state index contributed by atoms with van der Waals surface area (Å²) in [6.07, 6.45) is 0.781. The molecule has 0 bridgehead atoms. The Labute approximate surface area is 92.0 Å². The molecule has 1 aromatic heterocycles. The van der Waals surface area contributed by atoms with E-state index in [-0.39, 0.29) is 11.0 Å². The first-order valence-electron chi connectivity index (χ1n) is 4.92. The van der Waals surface area contributed by atoms with Gasteiger partial charge in [0, 0.05) is 12.8 Å². The van der Waals surface area contributed by atoms with Crippen LogP contribution < -0.4 is 5.30 Å². The molecule has 2 heterocycles. The summed E-state index contributed by atoms with van der Waals surface area (Å²) in [4.78, 5) is 23.2. The molecule has 0 unspecified atom stereocenters. The standard InChI is InChI=1S/C10H8N3O2P/c14-9-3-4-10(15)16(9)6-1-2-7-8(5-6)12-13-11-7/h1-2,5H,3-4H2,(H,11,12,13). The van der Waals surface area contributed by atoms with Gasteiger partial charge in [-0.25, -0.2) is 0 Å². The highest BCUT2D eigenvalue weighted by Crippen LogP contribution is 2.45. The van der Waals surface area contributed by atoms with Gasteiger partial charge in [-0.3, -0.25) is 9.59 Å². The van der Waals surface area contributed by atoms with Crippen LogP contribution in [-0.2, 0) is 9.59 Å². The average Bonchev–Trinajstić information content (AvgIpc) is 2.85. The second-order valence-electron chi connectivity index (χ2n) is 3.62. The Hall–Kier alpha value is -1.61. The van der Waals surface area contributed by atoms with Gasteiger partial charge in [-0.2, -0.15) is 15.4 Å². The van der Waals surface area contributed by atoms with Crippen molar-refractivity contribution in [3.05, 3.63) is 18.2 Å². The maximum atomic E-state index is 11.6. The Bertz CT molecular complexity index is 577. The summed E-state index contributed by atoms with van der Waals surface area (Å²) in [5.41, 5.74) is 1.59. The second kappa shape index (κ2) is 3.46. The van der Waals surface area contributed by atoms with E-state index in [4.69, 9.17) is 0 Å². The number of rotatable bonds is 1. The highest BCUT2D eigenvalue weighted by Gasteiger charge is 2.34. The van der Waals surface area contributed by atoms with Gasteiger partial charge in [-0.05, 0) is 17.4 Å². The largest absolute Gasteiger partial charge is 0.294 e. The average molecular weight is 233 g/mol. The zero-order chi connectivity index (χ0) is 11.1. The summed E-state index contributed by atoms with van der Waals surface area (Å²) in [6.45, 7) is 0. The number of benzene rings is 1. The molecule has 1 aromatic carbocycles. The first-order chi connectivity index (χ1) is 7.75. The quantitative estimate of drug-likeness (QED) is 0.743. The summed E-state index contributed by atoms with van der Waals surface area (Å²) >= 11 is 0. The number of H-pyrrole nitrogens is 1. The van der Waals surface area contributed by atoms with Crippen molar-refractivity contribution in [3.8, 4) is 0 Å². The molecule has 3 rings (SSSR count). The Balaban J connectivity index is 2.11. The van der Waals surface area contributed by atoms with Gasteiger partial charge in [-0.15, -0.1) is 0 Å². The number of carbonyl (C=O) groups is 2. The molecule has 0 aliphatic carbocycles. The molecule has 1 aliphatic heterocycles. The van der Waals surface area contributed by atoms with Crippen molar-refractivity contribution in [1.29, 1.82) is 0 Å². The molecule has 6 heteroatoms. The molecular formula is C10H8N3O2P. The lowest BCUT2D eigenvalue weighted by Crippen LogP contribution is -2.07. The van der Waals surface area contributed by atoms with Gasteiger partial charge in [0.25, 0.3) is 0 Å². The number of aromatic nitrogens is 3. The van der Waals surface area contributed by atoms with Crippen molar-refractivity contribution in [2.75, 3.05) is 0 Å². The van der Waals surface area contributed by atoms with Gasteiger partial charge in [0.2, 0.25) is 0 Å². The summed E-state index contributed by atoms with van der Waals surface area (Å²) in [5.74, 6) is 0. The summed E-state index contributed by atoms with van der Waals surface area (Å²) in [7, 11) is -1.28. The SMILES string of the molecule is O=C1CCC(=O)P1c1ccc2n[nH]nc2c1. The number of carbonyl (C=O) groups excluding carboxylic acids is 2. The number of nitrogens with one attached hydrogen (secondary N) is 1. The smallest absolute Gasteiger partial charge is 0.166 e. The Morgan fingerprint density at radius 1 is 1.06 bits per heavy atom. The Morgan fingerprint density at radius 3 is 2.50 bits per heavy atom. The fraction of sp³-hybridized carbons (Fsp3) is 0.200. The lowest BCUT2D eigenvalue weighted by molar-refractivity contribution is -0.112. The fourth-order valence-electron chi connectivity index (χ4n) is 1.83. The van der Waals surface area contributed by atoms with Gasteiger partial charge in [-0.1, -0.05) is 6.07 Å². The van der Waals surface area contributed by atoms with Crippen molar-refractivity contribution < 1.29 is 9.59 Å². The summed E-state index contributed by atoms with van der Waals surface area (Å²) < 4.78 is 0. The first-order valence-corrected chi connectivity index (χ1v) is 6.26. The highest BCUT2D eigenvalue weighted by atomic mass is 31.1. The molecule has 0 spiro atoms. The van der Waals surface area contributed by atoms with E-state index in [1.54, 1.807) is 18.2 Å². The minimum Gasteiger partial charge on any atom is -0.294 e. The third-order valence-electron chi connectivity index (χ3n) is 2.61. The first kappa shape index (κ1) is 9.60. The van der Waals surface area contributed by atoms with Crippen LogP contribution in [0.1, 0.15) is 12.8 Å². The van der Waals surface area contributed by atoms with Gasteiger partial charge < -0.3 is 0 Å². The highest BCUT2D eigenvalue weighted by molar-refractivity contribution is 7.95. The molecule has 1 aliphatic rings. The zero-order valence-corrected chi connectivity index (χ0v) is 9.20. The van der Waals surface area contributed by atoms with Crippen LogP contribution in [0.2, 0.25) is 0 Å². The van der Waals surface area contributed by atoms with Crippen LogP contribution in [-0.4, -0.2) is 26.5 Å². The second-order valence-corrected chi connectivity index (χ2v) is 5.80. The van der Waals surface area contributed by atoms with Crippen LogP contribution in [0.4, 0.5) is 0 Å². The molecule has 16 heavy (non-hydrogen) atoms. The molecular weight excluding hydrogens is 225 g/mol. The van der Waals surface area contributed by atoms with Gasteiger partial charge >= 0.3 is 0 Å². The van der Waals surface area contributed by atoms with Crippen molar-refractivity contribution in [2.45, 2.75) is 12.8 Å². The van der Waals surface area contributed by atoms with Crippen molar-refractivity contribution >= 4 is 35.3 Å². The minimum absolute atomic E-state index is 0.0721. The monoisotopic (exact) mass is 233 g/mol. The zero-order valence-electron chi connectivity index (χ0n) is 8.30. The lowest BCUT2D eigenvalue weighted by Gasteiger charge is -2.06. The van der Waals surface area contributed by atoms with Crippen LogP contribution in [0.3, 0.4) is 0 Å². The number of hydrogen-bond donors (Lipinski definition) is 1. The minimum atomic E-state index is -1.28. The molecule has 1 saturated heterocycles. The van der Waals surface area contributed by atoms with E-state index in [2.05, 4.69) is 15.4 Å². The molecule has 1 fully saturated rings. The molecule has 0 atom stereocenters. The fourth-order valence-corrected chi connectivity index (χ4v) is 3.83. The third kappa shape index (κ3) is 1.36.